The lowest BCUT2D eigenvalue weighted by atomic mass is 10.2. The van der Waals surface area contributed by atoms with Gasteiger partial charge < -0.3 is 10.5 Å². The van der Waals surface area contributed by atoms with Gasteiger partial charge in [0.15, 0.2) is 11.6 Å². The Morgan fingerprint density at radius 1 is 1.41 bits per heavy atom. The van der Waals surface area contributed by atoms with E-state index in [2.05, 4.69) is 16.6 Å². The maximum Gasteiger partial charge on any atom is 0.317 e. The van der Waals surface area contributed by atoms with E-state index in [-0.39, 0.29) is 24.3 Å². The van der Waals surface area contributed by atoms with Gasteiger partial charge in [-0.05, 0) is 19.1 Å². The SMILES string of the molecule is CCOC(=O)CC#Cc1ccc(N)c(F)c1F. The minimum atomic E-state index is -1.13. The molecule has 0 fully saturated rings. The summed E-state index contributed by atoms with van der Waals surface area (Å²) in [5, 5.41) is 0. The Balaban J connectivity index is 2.79. The minimum absolute atomic E-state index is 0.138. The van der Waals surface area contributed by atoms with Crippen LogP contribution in [0.5, 0.6) is 0 Å². The van der Waals surface area contributed by atoms with E-state index in [1.54, 1.807) is 6.92 Å². The molecule has 0 unspecified atom stereocenters. The van der Waals surface area contributed by atoms with Crippen molar-refractivity contribution in [3.05, 3.63) is 29.3 Å². The molecular formula is C12H11F2NO2. The Kier molecular flexibility index (Phi) is 4.46. The van der Waals surface area contributed by atoms with Gasteiger partial charge in [0.2, 0.25) is 0 Å². The summed E-state index contributed by atoms with van der Waals surface area (Å²) in [5.74, 6) is 2.01. The van der Waals surface area contributed by atoms with Gasteiger partial charge in [0.25, 0.3) is 0 Å². The van der Waals surface area contributed by atoms with E-state index in [1.807, 2.05) is 0 Å². The van der Waals surface area contributed by atoms with E-state index < -0.39 is 17.6 Å². The molecule has 0 spiro atoms. The highest BCUT2D eigenvalue weighted by Gasteiger charge is 2.09. The van der Waals surface area contributed by atoms with Crippen LogP contribution in [0.15, 0.2) is 12.1 Å². The predicted molar refractivity (Wildman–Crippen MR) is 58.9 cm³/mol. The molecule has 0 saturated carbocycles. The largest absolute Gasteiger partial charge is 0.465 e. The average Bonchev–Trinajstić information content (AvgIpc) is 2.29. The van der Waals surface area contributed by atoms with Crippen LogP contribution in [0.3, 0.4) is 0 Å². The number of benzene rings is 1. The number of halogens is 2. The van der Waals surface area contributed by atoms with Gasteiger partial charge in [0.1, 0.15) is 6.42 Å². The van der Waals surface area contributed by atoms with Crippen LogP contribution in [0.1, 0.15) is 18.9 Å². The molecule has 0 heterocycles. The highest BCUT2D eigenvalue weighted by atomic mass is 19.2. The fourth-order valence-electron chi connectivity index (χ4n) is 1.08. The van der Waals surface area contributed by atoms with E-state index in [1.165, 1.54) is 12.1 Å². The number of carbonyl (C=O) groups is 1. The fourth-order valence-corrected chi connectivity index (χ4v) is 1.08. The van der Waals surface area contributed by atoms with Crippen LogP contribution >= 0.6 is 0 Å². The smallest absolute Gasteiger partial charge is 0.317 e. The summed E-state index contributed by atoms with van der Waals surface area (Å²) >= 11 is 0. The standard InChI is InChI=1S/C12H11F2NO2/c1-2-17-10(16)5-3-4-8-6-7-9(15)12(14)11(8)13/h6-7H,2,5,15H2,1H3. The van der Waals surface area contributed by atoms with Crippen LogP contribution in [0.25, 0.3) is 0 Å². The summed E-state index contributed by atoms with van der Waals surface area (Å²) in [4.78, 5) is 10.9. The Morgan fingerprint density at radius 3 is 2.76 bits per heavy atom. The number of anilines is 1. The number of ether oxygens (including phenoxy) is 1. The van der Waals surface area contributed by atoms with Crippen molar-refractivity contribution in [2.45, 2.75) is 13.3 Å². The van der Waals surface area contributed by atoms with Crippen molar-refractivity contribution in [3.63, 3.8) is 0 Å². The summed E-state index contributed by atoms with van der Waals surface area (Å²) < 4.78 is 30.9. The second-order valence-electron chi connectivity index (χ2n) is 3.11. The zero-order chi connectivity index (χ0) is 12.8. The Hall–Kier alpha value is -2.09. The van der Waals surface area contributed by atoms with Gasteiger partial charge in [-0.2, -0.15) is 0 Å². The maximum absolute atomic E-state index is 13.3. The molecule has 0 amide bonds. The van der Waals surface area contributed by atoms with E-state index >= 15 is 0 Å². The predicted octanol–water partition coefficient (Wildman–Crippen LogP) is 1.85. The lowest BCUT2D eigenvalue weighted by Gasteiger charge is -1.99. The molecule has 0 saturated heterocycles. The third kappa shape index (κ3) is 3.45. The highest BCUT2D eigenvalue weighted by Crippen LogP contribution is 2.16. The second-order valence-corrected chi connectivity index (χ2v) is 3.11. The molecule has 0 aliphatic heterocycles. The number of nitrogens with two attached hydrogens (primary N) is 1. The number of hydrogen-bond donors (Lipinski definition) is 1. The Morgan fingerprint density at radius 2 is 2.12 bits per heavy atom. The van der Waals surface area contributed by atoms with Crippen molar-refractivity contribution in [1.29, 1.82) is 0 Å². The average molecular weight is 239 g/mol. The number of nitrogen functional groups attached to an aromatic ring is 1. The fraction of sp³-hybridized carbons (Fsp3) is 0.250. The summed E-state index contributed by atoms with van der Waals surface area (Å²) in [6, 6.07) is 2.47. The molecule has 1 aromatic carbocycles. The highest BCUT2D eigenvalue weighted by molar-refractivity contribution is 5.72. The van der Waals surface area contributed by atoms with Crippen LogP contribution in [0.4, 0.5) is 14.5 Å². The van der Waals surface area contributed by atoms with Crippen LogP contribution < -0.4 is 5.73 Å². The van der Waals surface area contributed by atoms with Gasteiger partial charge in [-0.3, -0.25) is 4.79 Å². The number of rotatable bonds is 2. The summed E-state index contributed by atoms with van der Waals surface area (Å²) in [6.07, 6.45) is -0.167. The summed E-state index contributed by atoms with van der Waals surface area (Å²) in [7, 11) is 0. The first-order valence-corrected chi connectivity index (χ1v) is 4.94. The lowest BCUT2D eigenvalue weighted by Crippen LogP contribution is -2.02. The first-order valence-electron chi connectivity index (χ1n) is 4.94. The van der Waals surface area contributed by atoms with Crippen molar-refractivity contribution in [2.75, 3.05) is 12.3 Å². The van der Waals surface area contributed by atoms with Gasteiger partial charge in [-0.25, -0.2) is 8.78 Å². The monoisotopic (exact) mass is 239 g/mol. The van der Waals surface area contributed by atoms with Gasteiger partial charge in [0.05, 0.1) is 17.9 Å². The minimum Gasteiger partial charge on any atom is -0.465 e. The molecule has 0 aliphatic rings. The van der Waals surface area contributed by atoms with Crippen LogP contribution in [-0.2, 0) is 9.53 Å². The zero-order valence-corrected chi connectivity index (χ0v) is 9.22. The maximum atomic E-state index is 13.3. The molecule has 2 N–H and O–H groups in total. The van der Waals surface area contributed by atoms with Crippen molar-refractivity contribution in [2.24, 2.45) is 0 Å². The molecule has 0 atom stereocenters. The van der Waals surface area contributed by atoms with E-state index in [0.29, 0.717) is 0 Å². The van der Waals surface area contributed by atoms with Crippen molar-refractivity contribution >= 4 is 11.7 Å². The van der Waals surface area contributed by atoms with Crippen molar-refractivity contribution in [3.8, 4) is 11.8 Å². The Bertz CT molecular complexity index is 489. The van der Waals surface area contributed by atoms with Gasteiger partial charge in [-0.1, -0.05) is 11.8 Å². The normalized spacial score (nSPS) is 9.35. The molecule has 1 rings (SSSR count). The first kappa shape index (κ1) is 13.0. The van der Waals surface area contributed by atoms with Gasteiger partial charge in [-0.15, -0.1) is 0 Å². The molecule has 5 heteroatoms. The molecular weight excluding hydrogens is 228 g/mol. The molecule has 0 aromatic heterocycles. The van der Waals surface area contributed by atoms with E-state index in [0.717, 1.165) is 0 Å². The summed E-state index contributed by atoms with van der Waals surface area (Å²) in [6.45, 7) is 1.92. The second kappa shape index (κ2) is 5.85. The van der Waals surface area contributed by atoms with Crippen LogP contribution in [0, 0.1) is 23.5 Å². The molecule has 1 aromatic rings. The van der Waals surface area contributed by atoms with Crippen molar-refractivity contribution < 1.29 is 18.3 Å². The lowest BCUT2D eigenvalue weighted by molar-refractivity contribution is -0.141. The van der Waals surface area contributed by atoms with E-state index in [4.69, 9.17) is 5.73 Å². The quantitative estimate of drug-likeness (QED) is 0.487. The number of esters is 1. The van der Waals surface area contributed by atoms with Gasteiger partial charge in [0, 0.05) is 0 Å². The van der Waals surface area contributed by atoms with Crippen LogP contribution in [-0.4, -0.2) is 12.6 Å². The third-order valence-electron chi connectivity index (χ3n) is 1.87. The Labute approximate surface area is 97.6 Å². The van der Waals surface area contributed by atoms with Gasteiger partial charge >= 0.3 is 5.97 Å². The third-order valence-corrected chi connectivity index (χ3v) is 1.87. The number of carbonyl (C=O) groups excluding carboxylic acids is 1. The molecule has 0 bridgehead atoms. The number of hydrogen-bond acceptors (Lipinski definition) is 3. The van der Waals surface area contributed by atoms with Crippen molar-refractivity contribution in [1.82, 2.24) is 0 Å². The molecule has 0 radical (unpaired) electrons. The van der Waals surface area contributed by atoms with E-state index in [9.17, 15) is 13.6 Å². The summed E-state index contributed by atoms with van der Waals surface area (Å²) in [5.41, 5.74) is 4.75. The molecule has 0 aliphatic carbocycles. The first-order chi connectivity index (χ1) is 8.06. The van der Waals surface area contributed by atoms with Crippen LogP contribution in [0.2, 0.25) is 0 Å². The molecule has 90 valence electrons. The zero-order valence-electron chi connectivity index (χ0n) is 9.22. The topological polar surface area (TPSA) is 52.3 Å². The molecule has 17 heavy (non-hydrogen) atoms. The molecule has 3 nitrogen and oxygen atoms in total.